The molecule has 8 nitrogen and oxygen atoms in total. The van der Waals surface area contributed by atoms with E-state index in [0.29, 0.717) is 39.5 Å². The lowest BCUT2D eigenvalue weighted by Gasteiger charge is -2.19. The third-order valence-corrected chi connectivity index (χ3v) is 6.30. The second-order valence-corrected chi connectivity index (χ2v) is 8.74. The van der Waals surface area contributed by atoms with Gasteiger partial charge in [0.25, 0.3) is 5.91 Å². The molecular weight excluding hydrogens is 540 g/mol. The van der Waals surface area contributed by atoms with Crippen molar-refractivity contribution in [1.82, 2.24) is 5.32 Å². The predicted molar refractivity (Wildman–Crippen MR) is 142 cm³/mol. The number of nitrogens with one attached hydrogen (secondary N) is 1. The van der Waals surface area contributed by atoms with E-state index in [2.05, 4.69) is 27.3 Å². The van der Waals surface area contributed by atoms with Crippen LogP contribution in [0.15, 0.2) is 59.1 Å². The molecule has 0 bridgehead atoms. The number of hydrogen-bond donors (Lipinski definition) is 1. The van der Waals surface area contributed by atoms with Crippen molar-refractivity contribution in [3.05, 3.63) is 75.8 Å². The van der Waals surface area contributed by atoms with Crippen molar-refractivity contribution in [2.24, 2.45) is 0 Å². The Bertz CT molecular complexity index is 1330. The van der Waals surface area contributed by atoms with Crippen LogP contribution in [0.25, 0.3) is 11.1 Å². The third-order valence-electron chi connectivity index (χ3n) is 5.61. The fourth-order valence-electron chi connectivity index (χ4n) is 3.81. The second kappa shape index (κ2) is 12.8. The molecule has 0 spiro atoms. The molecule has 9 heteroatoms. The minimum Gasteiger partial charge on any atom is -0.496 e. The van der Waals surface area contributed by atoms with Crippen molar-refractivity contribution in [2.75, 3.05) is 27.9 Å². The van der Waals surface area contributed by atoms with Gasteiger partial charge in [0.1, 0.15) is 23.3 Å². The summed E-state index contributed by atoms with van der Waals surface area (Å²) in [6.45, 7) is 2.31. The van der Waals surface area contributed by atoms with Crippen molar-refractivity contribution in [3.63, 3.8) is 0 Å². The van der Waals surface area contributed by atoms with Gasteiger partial charge in [0.2, 0.25) is 0 Å². The molecule has 0 fully saturated rings. The highest BCUT2D eigenvalue weighted by molar-refractivity contribution is 9.10. The molecule has 37 heavy (non-hydrogen) atoms. The fourth-order valence-corrected chi connectivity index (χ4v) is 4.24. The average Bonchev–Trinajstić information content (AvgIpc) is 2.92. The largest absolute Gasteiger partial charge is 0.496 e. The molecule has 0 aliphatic heterocycles. The molecule has 3 aromatic carbocycles. The summed E-state index contributed by atoms with van der Waals surface area (Å²) in [7, 11) is 4.35. The highest BCUT2D eigenvalue weighted by atomic mass is 79.9. The number of methoxy groups -OCH3 is 3. The number of esters is 1. The fraction of sp³-hybridized carbons (Fsp3) is 0.250. The number of amides is 1. The first kappa shape index (κ1) is 27.6. The summed E-state index contributed by atoms with van der Waals surface area (Å²) in [5.74, 6) is 0.591. The maximum atomic E-state index is 13.1. The first-order valence-corrected chi connectivity index (χ1v) is 12.2. The SMILES string of the molecule is CCOc1ccc(Br)c(C(=O)N[C@@H](Cc2ccc(-c3ccc(C#N)cc3OC)c(OC)c2)C(=O)OC)c1. The van der Waals surface area contributed by atoms with Gasteiger partial charge in [-0.3, -0.25) is 4.79 Å². The number of carbonyl (C=O) groups is 2. The highest BCUT2D eigenvalue weighted by Crippen LogP contribution is 2.37. The zero-order valence-corrected chi connectivity index (χ0v) is 22.5. The molecule has 3 rings (SSSR count). The topological polar surface area (TPSA) is 107 Å². The summed E-state index contributed by atoms with van der Waals surface area (Å²) in [6.07, 6.45) is 0.169. The molecule has 0 aromatic heterocycles. The minimum absolute atomic E-state index is 0.169. The van der Waals surface area contributed by atoms with Crippen LogP contribution in [0.2, 0.25) is 0 Å². The Kier molecular flexibility index (Phi) is 9.52. The smallest absolute Gasteiger partial charge is 0.328 e. The molecule has 0 unspecified atom stereocenters. The Labute approximate surface area is 224 Å². The van der Waals surface area contributed by atoms with Crippen LogP contribution < -0.4 is 19.5 Å². The number of hydrogen-bond acceptors (Lipinski definition) is 7. The minimum atomic E-state index is -0.944. The molecule has 0 radical (unpaired) electrons. The zero-order valence-electron chi connectivity index (χ0n) is 21.0. The van der Waals surface area contributed by atoms with Gasteiger partial charge < -0.3 is 24.3 Å². The van der Waals surface area contributed by atoms with E-state index in [1.54, 1.807) is 49.6 Å². The molecule has 1 amide bonds. The molecule has 192 valence electrons. The van der Waals surface area contributed by atoms with Crippen LogP contribution in [0.3, 0.4) is 0 Å². The molecule has 0 saturated carbocycles. The Morgan fingerprint density at radius 3 is 2.27 bits per heavy atom. The summed E-state index contributed by atoms with van der Waals surface area (Å²) in [5.41, 5.74) is 3.06. The molecule has 0 aliphatic carbocycles. The van der Waals surface area contributed by atoms with Gasteiger partial charge in [-0.25, -0.2) is 4.79 Å². The predicted octanol–water partition coefficient (Wildman–Crippen LogP) is 4.92. The number of nitriles is 1. The lowest BCUT2D eigenvalue weighted by atomic mass is 9.97. The Morgan fingerprint density at radius 1 is 0.973 bits per heavy atom. The standard InChI is InChI=1S/C28H27BrN2O6/c1-5-37-19-8-11-23(29)22(15-19)27(32)31-24(28(33)36-4)12-17-6-9-20(25(13-17)34-2)21-10-7-18(16-30)14-26(21)35-3/h6-11,13-15,24H,5,12H2,1-4H3,(H,31,32)/t24-/m0/s1. The van der Waals surface area contributed by atoms with E-state index in [9.17, 15) is 14.9 Å². The Morgan fingerprint density at radius 2 is 1.65 bits per heavy atom. The quantitative estimate of drug-likeness (QED) is 0.347. The maximum absolute atomic E-state index is 13.1. The van der Waals surface area contributed by atoms with E-state index < -0.39 is 17.9 Å². The zero-order chi connectivity index (χ0) is 26.9. The number of rotatable bonds is 10. The number of ether oxygens (including phenoxy) is 4. The van der Waals surface area contributed by atoms with E-state index in [1.807, 2.05) is 19.1 Å². The van der Waals surface area contributed by atoms with Crippen LogP contribution in [0.5, 0.6) is 17.2 Å². The van der Waals surface area contributed by atoms with Crippen LogP contribution in [-0.2, 0) is 16.0 Å². The van der Waals surface area contributed by atoms with Crippen LogP contribution in [-0.4, -0.2) is 45.9 Å². The van der Waals surface area contributed by atoms with E-state index in [1.165, 1.54) is 14.2 Å². The summed E-state index contributed by atoms with van der Waals surface area (Å²) in [5, 5.41) is 12.0. The molecule has 0 aliphatic rings. The van der Waals surface area contributed by atoms with Gasteiger partial charge in [0.05, 0.1) is 45.1 Å². The highest BCUT2D eigenvalue weighted by Gasteiger charge is 2.25. The van der Waals surface area contributed by atoms with Crippen LogP contribution >= 0.6 is 15.9 Å². The van der Waals surface area contributed by atoms with Crippen LogP contribution in [0.1, 0.15) is 28.4 Å². The van der Waals surface area contributed by atoms with Crippen molar-refractivity contribution in [2.45, 2.75) is 19.4 Å². The maximum Gasteiger partial charge on any atom is 0.328 e. The van der Waals surface area contributed by atoms with Gasteiger partial charge in [-0.15, -0.1) is 0 Å². The van der Waals surface area contributed by atoms with Gasteiger partial charge in [-0.1, -0.05) is 12.1 Å². The van der Waals surface area contributed by atoms with Crippen molar-refractivity contribution < 1.29 is 28.5 Å². The lowest BCUT2D eigenvalue weighted by Crippen LogP contribution is -2.43. The molecule has 0 saturated heterocycles. The first-order chi connectivity index (χ1) is 17.8. The van der Waals surface area contributed by atoms with Crippen molar-refractivity contribution in [3.8, 4) is 34.4 Å². The lowest BCUT2D eigenvalue weighted by molar-refractivity contribution is -0.142. The normalized spacial score (nSPS) is 11.1. The molecule has 0 heterocycles. The van der Waals surface area contributed by atoms with Gasteiger partial charge in [-0.05, 0) is 70.9 Å². The van der Waals surface area contributed by atoms with Crippen molar-refractivity contribution >= 4 is 27.8 Å². The summed E-state index contributed by atoms with van der Waals surface area (Å²) in [4.78, 5) is 25.6. The van der Waals surface area contributed by atoms with Gasteiger partial charge in [0.15, 0.2) is 0 Å². The molecular formula is C28H27BrN2O6. The third kappa shape index (κ3) is 6.60. The molecule has 1 N–H and O–H groups in total. The van der Waals surface area contributed by atoms with Crippen LogP contribution in [0, 0.1) is 11.3 Å². The average molecular weight is 567 g/mol. The Balaban J connectivity index is 1.89. The van der Waals surface area contributed by atoms with Crippen LogP contribution in [0.4, 0.5) is 0 Å². The van der Waals surface area contributed by atoms with E-state index in [-0.39, 0.29) is 6.42 Å². The van der Waals surface area contributed by atoms with Gasteiger partial charge in [0, 0.05) is 22.0 Å². The summed E-state index contributed by atoms with van der Waals surface area (Å²) < 4.78 is 22.1. The van der Waals surface area contributed by atoms with E-state index >= 15 is 0 Å². The second-order valence-electron chi connectivity index (χ2n) is 7.89. The number of carbonyl (C=O) groups excluding carboxylic acids is 2. The number of benzene rings is 3. The Hall–Kier alpha value is -4.03. The molecule has 3 aromatic rings. The number of nitrogens with zero attached hydrogens (tertiary/aromatic N) is 1. The summed E-state index contributed by atoms with van der Waals surface area (Å²) in [6, 6.07) is 16.9. The van der Waals surface area contributed by atoms with Crippen molar-refractivity contribution in [1.29, 1.82) is 5.26 Å². The van der Waals surface area contributed by atoms with Gasteiger partial charge >= 0.3 is 5.97 Å². The summed E-state index contributed by atoms with van der Waals surface area (Å²) >= 11 is 3.39. The molecule has 1 atom stereocenters. The number of halogens is 1. The van der Waals surface area contributed by atoms with Gasteiger partial charge in [-0.2, -0.15) is 5.26 Å². The first-order valence-electron chi connectivity index (χ1n) is 11.4. The van der Waals surface area contributed by atoms with E-state index in [4.69, 9.17) is 18.9 Å². The van der Waals surface area contributed by atoms with E-state index in [0.717, 1.165) is 16.7 Å². The monoisotopic (exact) mass is 566 g/mol.